The molecule has 3 aromatic rings. The molecule has 0 saturated carbocycles. The van der Waals surface area contributed by atoms with Crippen molar-refractivity contribution in [1.82, 2.24) is 14.5 Å². The SMILES string of the molecule is CCS(=O)(=O)c1ccc(Cl)cc1Cn1c(=O)[nH]c2c(Cl)c(CN3CC[C@@H](CCS(C)(=O)=O)C3)c(C(F)(F)F)cc2c1=O. The topological polar surface area (TPSA) is 126 Å². The molecule has 230 valence electrons. The van der Waals surface area contributed by atoms with Crippen molar-refractivity contribution < 1.29 is 30.0 Å². The molecule has 1 aliphatic heterocycles. The van der Waals surface area contributed by atoms with Gasteiger partial charge in [0.25, 0.3) is 5.56 Å². The summed E-state index contributed by atoms with van der Waals surface area (Å²) in [4.78, 5) is 30.4. The number of rotatable bonds is 9. The van der Waals surface area contributed by atoms with E-state index in [9.17, 15) is 39.6 Å². The van der Waals surface area contributed by atoms with E-state index in [1.165, 1.54) is 25.1 Å². The van der Waals surface area contributed by atoms with Gasteiger partial charge in [0.15, 0.2) is 9.84 Å². The van der Waals surface area contributed by atoms with Gasteiger partial charge in [-0.25, -0.2) is 21.6 Å². The van der Waals surface area contributed by atoms with Crippen molar-refractivity contribution in [2.24, 2.45) is 5.92 Å². The third kappa shape index (κ3) is 7.04. The van der Waals surface area contributed by atoms with Crippen LogP contribution >= 0.6 is 23.2 Å². The molecular formula is C26H28Cl2F3N3O6S2. The molecule has 4 rings (SSSR count). The number of sulfone groups is 2. The summed E-state index contributed by atoms with van der Waals surface area (Å²) in [6.07, 6.45) is -2.79. The van der Waals surface area contributed by atoms with Crippen LogP contribution < -0.4 is 11.2 Å². The number of aromatic nitrogens is 2. The van der Waals surface area contributed by atoms with Gasteiger partial charge in [0.1, 0.15) is 9.84 Å². The Hall–Kier alpha value is -2.39. The molecule has 0 aliphatic carbocycles. The lowest BCUT2D eigenvalue weighted by atomic mass is 10.0. The molecule has 1 atom stereocenters. The first kappa shape index (κ1) is 32.5. The first-order chi connectivity index (χ1) is 19.4. The van der Waals surface area contributed by atoms with Gasteiger partial charge in [0, 0.05) is 24.4 Å². The summed E-state index contributed by atoms with van der Waals surface area (Å²) in [7, 11) is -6.97. The van der Waals surface area contributed by atoms with Crippen LogP contribution in [0, 0.1) is 5.92 Å². The highest BCUT2D eigenvalue weighted by molar-refractivity contribution is 7.91. The average Bonchev–Trinajstić information content (AvgIpc) is 3.33. The molecule has 0 unspecified atom stereocenters. The van der Waals surface area contributed by atoms with Crippen LogP contribution in [0.25, 0.3) is 10.9 Å². The fraction of sp³-hybridized carbons (Fsp3) is 0.462. The summed E-state index contributed by atoms with van der Waals surface area (Å²) in [6.45, 7) is 1.40. The maximum absolute atomic E-state index is 14.3. The third-order valence-electron chi connectivity index (χ3n) is 7.34. The zero-order valence-electron chi connectivity index (χ0n) is 22.6. The van der Waals surface area contributed by atoms with E-state index in [1.807, 2.05) is 0 Å². The second-order valence-electron chi connectivity index (χ2n) is 10.4. The summed E-state index contributed by atoms with van der Waals surface area (Å²) >= 11 is 12.5. The number of likely N-dealkylation sites (tertiary alicyclic amines) is 1. The molecule has 2 aromatic carbocycles. The van der Waals surface area contributed by atoms with E-state index in [4.69, 9.17) is 23.2 Å². The van der Waals surface area contributed by atoms with Crippen molar-refractivity contribution in [2.75, 3.05) is 30.9 Å². The van der Waals surface area contributed by atoms with Crippen LogP contribution in [-0.4, -0.2) is 62.1 Å². The van der Waals surface area contributed by atoms with Crippen LogP contribution in [0.2, 0.25) is 10.0 Å². The van der Waals surface area contributed by atoms with Crippen molar-refractivity contribution in [1.29, 1.82) is 0 Å². The Morgan fingerprint density at radius 1 is 1.07 bits per heavy atom. The molecule has 0 radical (unpaired) electrons. The fourth-order valence-electron chi connectivity index (χ4n) is 5.14. The molecule has 2 heterocycles. The molecule has 42 heavy (non-hydrogen) atoms. The lowest BCUT2D eigenvalue weighted by Gasteiger charge is -2.22. The Balaban J connectivity index is 1.78. The van der Waals surface area contributed by atoms with Crippen molar-refractivity contribution in [3.8, 4) is 0 Å². The standard InChI is InChI=1S/C26H28Cl2F3N3O6S2/c1-3-42(39,40)21-5-4-17(27)10-16(21)13-34-24(35)18-11-20(26(29,30)31)19(22(28)23(18)32-25(34)36)14-33-8-6-15(12-33)7-9-41(2,37)38/h4-5,10-11,15H,3,6-9,12-14H2,1-2H3,(H,32,36)/t15-/m0/s1. The van der Waals surface area contributed by atoms with E-state index in [0.717, 1.165) is 6.26 Å². The quantitative estimate of drug-likeness (QED) is 0.363. The van der Waals surface area contributed by atoms with Crippen LogP contribution in [0.1, 0.15) is 36.5 Å². The number of nitrogens with zero attached hydrogens (tertiary/aromatic N) is 2. The van der Waals surface area contributed by atoms with Gasteiger partial charge in [0.2, 0.25) is 0 Å². The Kier molecular flexibility index (Phi) is 9.25. The molecule has 1 aromatic heterocycles. The molecule has 1 fully saturated rings. The van der Waals surface area contributed by atoms with Crippen molar-refractivity contribution in [3.63, 3.8) is 0 Å². The van der Waals surface area contributed by atoms with Gasteiger partial charge in [-0.05, 0) is 60.7 Å². The largest absolute Gasteiger partial charge is 0.416 e. The van der Waals surface area contributed by atoms with Gasteiger partial charge in [-0.3, -0.25) is 14.3 Å². The molecule has 16 heteroatoms. The lowest BCUT2D eigenvalue weighted by Crippen LogP contribution is -2.36. The maximum Gasteiger partial charge on any atom is 0.416 e. The average molecular weight is 671 g/mol. The summed E-state index contributed by atoms with van der Waals surface area (Å²) in [6, 6.07) is 4.50. The molecule has 0 bridgehead atoms. The van der Waals surface area contributed by atoms with Crippen molar-refractivity contribution in [2.45, 2.75) is 43.9 Å². The number of hydrogen-bond donors (Lipinski definition) is 1. The normalized spacial score (nSPS) is 16.9. The predicted octanol–water partition coefficient (Wildman–Crippen LogP) is 4.11. The molecule has 1 aliphatic rings. The van der Waals surface area contributed by atoms with E-state index >= 15 is 0 Å². The van der Waals surface area contributed by atoms with Gasteiger partial charge < -0.3 is 4.98 Å². The number of aromatic amines is 1. The number of benzene rings is 2. The van der Waals surface area contributed by atoms with Crippen LogP contribution in [0.3, 0.4) is 0 Å². The summed E-state index contributed by atoms with van der Waals surface area (Å²) in [5.41, 5.74) is -3.80. The summed E-state index contributed by atoms with van der Waals surface area (Å²) in [5.74, 6) is -0.314. The Morgan fingerprint density at radius 2 is 1.76 bits per heavy atom. The zero-order valence-corrected chi connectivity index (χ0v) is 25.7. The van der Waals surface area contributed by atoms with Crippen LogP contribution in [0.5, 0.6) is 0 Å². The smallest absolute Gasteiger partial charge is 0.305 e. The Morgan fingerprint density at radius 3 is 2.38 bits per heavy atom. The molecule has 0 amide bonds. The summed E-state index contributed by atoms with van der Waals surface area (Å²) < 4.78 is 91.7. The van der Waals surface area contributed by atoms with Gasteiger partial charge in [-0.15, -0.1) is 0 Å². The number of H-pyrrole nitrogens is 1. The van der Waals surface area contributed by atoms with E-state index in [1.54, 1.807) is 4.90 Å². The minimum Gasteiger partial charge on any atom is -0.305 e. The Labute approximate surface area is 250 Å². The molecule has 9 nitrogen and oxygen atoms in total. The number of nitrogens with one attached hydrogen (secondary N) is 1. The van der Waals surface area contributed by atoms with Crippen LogP contribution in [0.15, 0.2) is 38.8 Å². The van der Waals surface area contributed by atoms with Gasteiger partial charge in [-0.2, -0.15) is 13.2 Å². The second-order valence-corrected chi connectivity index (χ2v) is 15.7. The van der Waals surface area contributed by atoms with Crippen molar-refractivity contribution >= 4 is 53.8 Å². The van der Waals surface area contributed by atoms with Gasteiger partial charge >= 0.3 is 11.9 Å². The fourth-order valence-corrected chi connectivity index (χ4v) is 7.52. The lowest BCUT2D eigenvalue weighted by molar-refractivity contribution is -0.138. The maximum atomic E-state index is 14.3. The highest BCUT2D eigenvalue weighted by atomic mass is 35.5. The third-order valence-corrected chi connectivity index (χ3v) is 10.8. The van der Waals surface area contributed by atoms with Gasteiger partial charge in [0.05, 0.1) is 44.4 Å². The van der Waals surface area contributed by atoms with Crippen molar-refractivity contribution in [3.05, 3.63) is 71.8 Å². The minimum atomic E-state index is -4.90. The summed E-state index contributed by atoms with van der Waals surface area (Å²) in [5, 5.41) is -0.791. The second kappa shape index (κ2) is 11.9. The number of halogens is 5. The number of alkyl halides is 3. The zero-order chi connectivity index (χ0) is 31.2. The molecule has 0 spiro atoms. The minimum absolute atomic E-state index is 0.0202. The molecule has 1 N–H and O–H groups in total. The number of hydrogen-bond acceptors (Lipinski definition) is 7. The molecule has 1 saturated heterocycles. The van der Waals surface area contributed by atoms with E-state index < -0.39 is 59.6 Å². The molecular weight excluding hydrogens is 642 g/mol. The predicted molar refractivity (Wildman–Crippen MR) is 155 cm³/mol. The van der Waals surface area contributed by atoms with E-state index in [2.05, 4.69) is 4.98 Å². The van der Waals surface area contributed by atoms with Crippen LogP contribution in [-0.2, 0) is 38.9 Å². The highest BCUT2D eigenvalue weighted by Crippen LogP contribution is 2.39. The first-order valence-electron chi connectivity index (χ1n) is 12.9. The van der Waals surface area contributed by atoms with E-state index in [-0.39, 0.29) is 50.5 Å². The van der Waals surface area contributed by atoms with Crippen LogP contribution in [0.4, 0.5) is 13.2 Å². The monoisotopic (exact) mass is 669 g/mol. The highest BCUT2D eigenvalue weighted by Gasteiger charge is 2.37. The Bertz CT molecular complexity index is 1870. The van der Waals surface area contributed by atoms with E-state index in [0.29, 0.717) is 36.6 Å². The number of fused-ring (bicyclic) bond motifs is 1. The van der Waals surface area contributed by atoms with Gasteiger partial charge in [-0.1, -0.05) is 30.1 Å². The first-order valence-corrected chi connectivity index (χ1v) is 17.3.